The minimum atomic E-state index is -0.311. The molecule has 0 bridgehead atoms. The van der Waals surface area contributed by atoms with E-state index in [1.165, 1.54) is 7.11 Å². The maximum Gasteiger partial charge on any atom is 0.335 e. The van der Waals surface area contributed by atoms with Crippen LogP contribution in [0.15, 0.2) is 11.6 Å². The summed E-state index contributed by atoms with van der Waals surface area (Å²) in [7, 11) is 1.42. The number of ether oxygens (including phenoxy) is 1. The minimum absolute atomic E-state index is 0.0427. The van der Waals surface area contributed by atoms with Crippen molar-refractivity contribution >= 4 is 5.97 Å². The normalized spacial score (nSPS) is 23.9. The number of nitrogens with one attached hydrogen (secondary N) is 1. The Balaban J connectivity index is 2.97. The Morgan fingerprint density at radius 3 is 2.43 bits per heavy atom. The Hall–Kier alpha value is -0.830. The van der Waals surface area contributed by atoms with Crippen LogP contribution < -0.4 is 5.32 Å². The summed E-state index contributed by atoms with van der Waals surface area (Å²) < 4.78 is 4.75. The number of hydrogen-bond donors (Lipinski definition) is 1. The molecule has 80 valence electrons. The fourth-order valence-corrected chi connectivity index (χ4v) is 2.03. The smallest absolute Gasteiger partial charge is 0.335 e. The maximum atomic E-state index is 11.5. The Bertz CT molecular complexity index is 277. The van der Waals surface area contributed by atoms with E-state index in [1.807, 2.05) is 19.9 Å². The van der Waals surface area contributed by atoms with Gasteiger partial charge >= 0.3 is 5.97 Å². The van der Waals surface area contributed by atoms with Gasteiger partial charge in [0.15, 0.2) is 0 Å². The predicted octanol–water partition coefficient (Wildman–Crippen LogP) is 1.64. The predicted molar refractivity (Wildman–Crippen MR) is 56.0 cm³/mol. The van der Waals surface area contributed by atoms with E-state index < -0.39 is 0 Å². The lowest BCUT2D eigenvalue weighted by Gasteiger charge is -2.41. The van der Waals surface area contributed by atoms with Gasteiger partial charge in [0.25, 0.3) is 0 Å². The molecule has 0 saturated carbocycles. The van der Waals surface area contributed by atoms with Crippen molar-refractivity contribution in [1.29, 1.82) is 0 Å². The van der Waals surface area contributed by atoms with Crippen LogP contribution in [0.4, 0.5) is 0 Å². The van der Waals surface area contributed by atoms with Crippen LogP contribution in [-0.2, 0) is 9.53 Å². The van der Waals surface area contributed by atoms with Crippen molar-refractivity contribution in [1.82, 2.24) is 5.32 Å². The molecule has 1 heterocycles. The highest BCUT2D eigenvalue weighted by Gasteiger charge is 2.37. The standard InChI is InChI=1S/C11H19NO2/c1-10(2)7-6-8(9(13)14-5)11(3,4)12-10/h6,12H,7H2,1-5H3. The maximum absolute atomic E-state index is 11.5. The third-order valence-corrected chi connectivity index (χ3v) is 2.55. The fraction of sp³-hybridized carbons (Fsp3) is 0.727. The summed E-state index contributed by atoms with van der Waals surface area (Å²) in [6.45, 7) is 8.24. The molecule has 0 unspecified atom stereocenters. The van der Waals surface area contributed by atoms with Gasteiger partial charge in [0, 0.05) is 11.1 Å². The van der Waals surface area contributed by atoms with Crippen molar-refractivity contribution in [2.75, 3.05) is 7.11 Å². The van der Waals surface area contributed by atoms with Gasteiger partial charge in [0.1, 0.15) is 0 Å². The molecular weight excluding hydrogens is 178 g/mol. The zero-order valence-corrected chi connectivity index (χ0v) is 9.60. The Morgan fingerprint density at radius 2 is 2.00 bits per heavy atom. The van der Waals surface area contributed by atoms with E-state index in [2.05, 4.69) is 19.2 Å². The highest BCUT2D eigenvalue weighted by atomic mass is 16.5. The number of carbonyl (C=O) groups excluding carboxylic acids is 1. The molecule has 0 aromatic rings. The first-order chi connectivity index (χ1) is 6.28. The Labute approximate surface area is 85.5 Å². The molecule has 0 aromatic heterocycles. The fourth-order valence-electron chi connectivity index (χ4n) is 2.03. The molecule has 0 amide bonds. The molecule has 0 aliphatic carbocycles. The molecule has 0 saturated heterocycles. The number of rotatable bonds is 1. The van der Waals surface area contributed by atoms with E-state index in [0.717, 1.165) is 12.0 Å². The lowest BCUT2D eigenvalue weighted by atomic mass is 9.82. The molecule has 3 heteroatoms. The second kappa shape index (κ2) is 3.39. The van der Waals surface area contributed by atoms with Crippen LogP contribution in [0.5, 0.6) is 0 Å². The van der Waals surface area contributed by atoms with Crippen molar-refractivity contribution in [2.45, 2.75) is 45.2 Å². The second-order valence-electron chi connectivity index (χ2n) is 4.95. The summed E-state index contributed by atoms with van der Waals surface area (Å²) in [5, 5.41) is 3.43. The molecule has 0 fully saturated rings. The molecule has 3 nitrogen and oxygen atoms in total. The summed E-state index contributed by atoms with van der Waals surface area (Å²) in [5.74, 6) is -0.238. The minimum Gasteiger partial charge on any atom is -0.466 e. The Morgan fingerprint density at radius 1 is 1.43 bits per heavy atom. The lowest BCUT2D eigenvalue weighted by Crippen LogP contribution is -2.56. The highest BCUT2D eigenvalue weighted by Crippen LogP contribution is 2.28. The van der Waals surface area contributed by atoms with Gasteiger partial charge in [-0.3, -0.25) is 0 Å². The zero-order valence-electron chi connectivity index (χ0n) is 9.60. The SMILES string of the molecule is COC(=O)C1=CCC(C)(C)NC1(C)C. The highest BCUT2D eigenvalue weighted by molar-refractivity contribution is 5.91. The van der Waals surface area contributed by atoms with Crippen molar-refractivity contribution in [3.63, 3.8) is 0 Å². The molecule has 1 rings (SSSR count). The van der Waals surface area contributed by atoms with Gasteiger partial charge in [-0.15, -0.1) is 0 Å². The van der Waals surface area contributed by atoms with Gasteiger partial charge in [-0.2, -0.15) is 0 Å². The van der Waals surface area contributed by atoms with Crippen LogP contribution in [0.3, 0.4) is 0 Å². The van der Waals surface area contributed by atoms with Crippen molar-refractivity contribution in [3.8, 4) is 0 Å². The number of hydrogen-bond acceptors (Lipinski definition) is 3. The van der Waals surface area contributed by atoms with E-state index in [-0.39, 0.29) is 17.0 Å². The molecule has 1 aliphatic heterocycles. The first-order valence-electron chi connectivity index (χ1n) is 4.87. The quantitative estimate of drug-likeness (QED) is 0.649. The van der Waals surface area contributed by atoms with E-state index in [4.69, 9.17) is 4.74 Å². The first-order valence-corrected chi connectivity index (χ1v) is 4.87. The summed E-state index contributed by atoms with van der Waals surface area (Å²) in [6.07, 6.45) is 2.82. The number of esters is 1. The Kier molecular flexibility index (Phi) is 2.72. The lowest BCUT2D eigenvalue weighted by molar-refractivity contribution is -0.137. The molecule has 0 radical (unpaired) electrons. The van der Waals surface area contributed by atoms with Crippen molar-refractivity contribution in [3.05, 3.63) is 11.6 Å². The third kappa shape index (κ3) is 2.15. The molecule has 0 spiro atoms. The molecular formula is C11H19NO2. The van der Waals surface area contributed by atoms with Gasteiger partial charge in [-0.25, -0.2) is 4.79 Å². The van der Waals surface area contributed by atoms with Crippen LogP contribution in [0, 0.1) is 0 Å². The summed E-state index contributed by atoms with van der Waals surface area (Å²) >= 11 is 0. The largest absolute Gasteiger partial charge is 0.466 e. The van der Waals surface area contributed by atoms with Crippen LogP contribution in [0.1, 0.15) is 34.1 Å². The summed E-state index contributed by atoms with van der Waals surface area (Å²) in [6, 6.07) is 0. The van der Waals surface area contributed by atoms with Gasteiger partial charge < -0.3 is 10.1 Å². The molecule has 1 aliphatic rings. The van der Waals surface area contributed by atoms with Crippen molar-refractivity contribution < 1.29 is 9.53 Å². The second-order valence-corrected chi connectivity index (χ2v) is 4.95. The van der Waals surface area contributed by atoms with Crippen molar-refractivity contribution in [2.24, 2.45) is 0 Å². The number of methoxy groups -OCH3 is 1. The average molecular weight is 197 g/mol. The number of carbonyl (C=O) groups is 1. The summed E-state index contributed by atoms with van der Waals surface area (Å²) in [5.41, 5.74) is 0.454. The van der Waals surface area contributed by atoms with Gasteiger partial charge in [0.2, 0.25) is 0 Å². The monoisotopic (exact) mass is 197 g/mol. The first kappa shape index (κ1) is 11.2. The van der Waals surface area contributed by atoms with Crippen LogP contribution in [0.2, 0.25) is 0 Å². The molecule has 1 N–H and O–H groups in total. The van der Waals surface area contributed by atoms with Gasteiger partial charge in [-0.05, 0) is 34.1 Å². The van der Waals surface area contributed by atoms with Crippen LogP contribution in [0.25, 0.3) is 0 Å². The zero-order chi connectivity index (χ0) is 11.0. The van der Waals surface area contributed by atoms with Crippen LogP contribution >= 0.6 is 0 Å². The molecule has 0 atom stereocenters. The van der Waals surface area contributed by atoms with E-state index in [0.29, 0.717) is 0 Å². The van der Waals surface area contributed by atoms with E-state index >= 15 is 0 Å². The third-order valence-electron chi connectivity index (χ3n) is 2.55. The average Bonchev–Trinajstić information content (AvgIpc) is 1.99. The summed E-state index contributed by atoms with van der Waals surface area (Å²) in [4.78, 5) is 11.5. The molecule has 0 aromatic carbocycles. The van der Waals surface area contributed by atoms with E-state index in [1.54, 1.807) is 0 Å². The van der Waals surface area contributed by atoms with Gasteiger partial charge in [0.05, 0.1) is 12.7 Å². The van der Waals surface area contributed by atoms with Crippen LogP contribution in [-0.4, -0.2) is 24.2 Å². The van der Waals surface area contributed by atoms with E-state index in [9.17, 15) is 4.79 Å². The molecule has 14 heavy (non-hydrogen) atoms. The van der Waals surface area contributed by atoms with Gasteiger partial charge in [-0.1, -0.05) is 6.08 Å². The topological polar surface area (TPSA) is 38.3 Å².